The molecular weight excluding hydrogens is 336 g/mol. The van der Waals surface area contributed by atoms with Crippen molar-refractivity contribution in [2.24, 2.45) is 0 Å². The molecule has 0 atom stereocenters. The van der Waals surface area contributed by atoms with E-state index in [1.165, 1.54) is 7.06 Å². The van der Waals surface area contributed by atoms with Crippen molar-refractivity contribution in [3.8, 4) is 0 Å². The van der Waals surface area contributed by atoms with E-state index >= 15 is 0 Å². The van der Waals surface area contributed by atoms with Crippen molar-refractivity contribution in [1.29, 1.82) is 0 Å². The van der Waals surface area contributed by atoms with Gasteiger partial charge in [-0.1, -0.05) is 0 Å². The second-order valence-electron chi connectivity index (χ2n) is 4.82. The molecule has 0 spiro atoms. The summed E-state index contributed by atoms with van der Waals surface area (Å²) in [5.74, 6) is 0. The molecule has 0 aromatic rings. The normalized spacial score (nSPS) is 10.2. The van der Waals surface area contributed by atoms with Gasteiger partial charge in [-0.3, -0.25) is 0 Å². The van der Waals surface area contributed by atoms with Crippen LogP contribution in [0.3, 0.4) is 0 Å². The van der Waals surface area contributed by atoms with Gasteiger partial charge in [0.2, 0.25) is 0 Å². The lowest BCUT2D eigenvalue weighted by atomic mass is 8.46. The first-order valence-electron chi connectivity index (χ1n) is 6.54. The fourth-order valence-electron chi connectivity index (χ4n) is 2.32. The monoisotopic (exact) mass is 342 g/mol. The van der Waals surface area contributed by atoms with Crippen molar-refractivity contribution in [3.05, 3.63) is 0 Å². The minimum absolute atomic E-state index is 0.572. The van der Waals surface area contributed by atoms with Gasteiger partial charge in [-0.25, -0.2) is 0 Å². The Morgan fingerprint density at radius 1 is 0.800 bits per heavy atom. The average molecular weight is 339 g/mol. The van der Waals surface area contributed by atoms with Gasteiger partial charge in [-0.05, 0) is 0 Å². The molecule has 0 saturated carbocycles. The molecule has 20 heteroatoms. The van der Waals surface area contributed by atoms with Gasteiger partial charge in [0, 0.05) is 144 Å². The summed E-state index contributed by atoms with van der Waals surface area (Å²) in [6.45, 7) is -0.690. The zero-order chi connectivity index (χ0) is 16.9. The van der Waals surface area contributed by atoms with E-state index in [0.29, 0.717) is 0 Å². The van der Waals surface area contributed by atoms with E-state index in [-0.39, 0.29) is 0 Å². The SMILES string of the molecule is [3H]N(I)B(B(B([B])[B])B([B])[B])B(B([B])[B])B([B][B])B([B])[B]. The van der Waals surface area contributed by atoms with E-state index in [1.807, 2.05) is 0 Å². The summed E-state index contributed by atoms with van der Waals surface area (Å²) in [6, 6.07) is 0. The minimum atomic E-state index is -0.883. The van der Waals surface area contributed by atoms with Gasteiger partial charge in [-0.15, -0.1) is 0 Å². The van der Waals surface area contributed by atoms with Crippen molar-refractivity contribution < 1.29 is 1.41 Å². The maximum absolute atomic E-state index is 7.94. The molecule has 0 aliphatic carbocycles. The van der Waals surface area contributed by atoms with E-state index in [4.69, 9.17) is 71.0 Å². The van der Waals surface area contributed by atoms with E-state index in [9.17, 15) is 0 Å². The van der Waals surface area contributed by atoms with Crippen LogP contribution in [0.4, 0.5) is 0 Å². The van der Waals surface area contributed by atoms with Gasteiger partial charge >= 0.3 is 0 Å². The summed E-state index contributed by atoms with van der Waals surface area (Å²) in [5.41, 5.74) is 0. The van der Waals surface area contributed by atoms with Gasteiger partial charge in [-0.2, -0.15) is 0 Å². The Kier molecular flexibility index (Phi) is 10.5. The molecule has 67 valence electrons. The highest BCUT2D eigenvalue weighted by atomic mass is 127. The Morgan fingerprint density at radius 3 is 1.40 bits per heavy atom. The van der Waals surface area contributed by atoms with Crippen molar-refractivity contribution in [2.75, 3.05) is 0 Å². The third kappa shape index (κ3) is 6.16. The summed E-state index contributed by atoms with van der Waals surface area (Å²) in [5, 5.41) is 0. The molecule has 20 heavy (non-hydrogen) atoms. The molecule has 0 aromatic heterocycles. The Balaban J connectivity index is 5.73. The van der Waals surface area contributed by atoms with Gasteiger partial charge in [0.25, 0.3) is 0 Å². The zero-order valence-corrected chi connectivity index (χ0v) is 13.4. The zero-order valence-electron chi connectivity index (χ0n) is 12.2. The minimum Gasteiger partial charge on any atom is -0.319 e. The lowest BCUT2D eigenvalue weighted by Gasteiger charge is -2.39. The van der Waals surface area contributed by atoms with E-state index in [0.717, 1.165) is 3.43 Å². The van der Waals surface area contributed by atoms with Gasteiger partial charge in [0.15, 0.2) is 0 Å². The highest BCUT2D eigenvalue weighted by molar-refractivity contribution is 14.1. The van der Waals surface area contributed by atoms with Crippen LogP contribution in [0.5, 0.6) is 0 Å². The number of nitrogens with one attached hydrogen (secondary N) is 1. The Labute approximate surface area is 155 Å². The summed E-state index contributed by atoms with van der Waals surface area (Å²) >= 11 is 1.74. The van der Waals surface area contributed by atoms with Crippen LogP contribution in [0.25, 0.3) is 0 Å². The first-order chi connectivity index (χ1) is 9.56. The van der Waals surface area contributed by atoms with Crippen LogP contribution >= 0.6 is 22.9 Å². The van der Waals surface area contributed by atoms with Crippen molar-refractivity contribution in [2.45, 2.75) is 0 Å². The summed E-state index contributed by atoms with van der Waals surface area (Å²) in [6.07, 6.45) is -5.32. The Morgan fingerprint density at radius 2 is 1.20 bits per heavy atom. The quantitative estimate of drug-likeness (QED) is 0.251. The van der Waals surface area contributed by atoms with Crippen LogP contribution in [0.15, 0.2) is 0 Å². The highest BCUT2D eigenvalue weighted by Gasteiger charge is 2.44. The van der Waals surface area contributed by atoms with E-state index in [2.05, 4.69) is 0 Å². The molecule has 0 unspecified atom stereocenters. The van der Waals surface area contributed by atoms with E-state index < -0.39 is 51.3 Å². The lowest BCUT2D eigenvalue weighted by Crippen LogP contribution is -2.79. The Hall–Kier alpha value is 1.86. The number of hydrogen-bond donors (Lipinski definition) is 1. The van der Waals surface area contributed by atoms with Crippen LogP contribution in [-0.2, 0) is 0 Å². The number of halogens is 1. The second-order valence-corrected chi connectivity index (χ2v) is 5.38. The fourth-order valence-corrected chi connectivity index (χ4v) is 3.07. The van der Waals surface area contributed by atoms with Crippen LogP contribution in [-0.4, -0.2) is 128 Å². The van der Waals surface area contributed by atoms with E-state index in [1.54, 1.807) is 22.9 Å². The van der Waals surface area contributed by atoms with Crippen LogP contribution < -0.4 is 3.43 Å². The standard InChI is InChI=1S/B18HIN/c1-10-15(11(2)3)17(14(8)9)18(20-19)16(12(4)5)13(6)7/h20H/i/hT. The molecule has 0 bridgehead atoms. The molecule has 0 aromatic carbocycles. The molecule has 19 radical (unpaired) electrons. The number of rotatable bonds is 9. The maximum Gasteiger partial charge on any atom is 0.129 e. The highest BCUT2D eigenvalue weighted by Crippen LogP contribution is 2.04. The topological polar surface area (TPSA) is 12.0 Å². The largest absolute Gasteiger partial charge is 0.319 e. The Bertz CT molecular complexity index is 268. The van der Waals surface area contributed by atoms with Crippen LogP contribution in [0.2, 0.25) is 1.41 Å². The van der Waals surface area contributed by atoms with Crippen LogP contribution in [0.1, 0.15) is 0 Å². The van der Waals surface area contributed by atoms with Crippen LogP contribution in [0, 0.1) is 0 Å². The predicted octanol–water partition coefficient (Wildman–Crippen LogP) is -6.46. The summed E-state index contributed by atoms with van der Waals surface area (Å²) in [4.78, 5) is 0. The van der Waals surface area contributed by atoms with Crippen molar-refractivity contribution in [3.63, 3.8) is 0 Å². The lowest BCUT2D eigenvalue weighted by molar-refractivity contribution is 1.79. The molecule has 0 rings (SSSR count). The first-order valence-corrected chi connectivity index (χ1v) is 7.06. The molecule has 1 N–H and O–H groups in total. The smallest absolute Gasteiger partial charge is 0.129 e. The second kappa shape index (κ2) is 10.6. The summed E-state index contributed by atoms with van der Waals surface area (Å²) < 4.78 is 9.02. The average Bonchev–Trinajstić information content (AvgIpc) is 2.30. The summed E-state index contributed by atoms with van der Waals surface area (Å²) in [7, 11) is 53.0. The van der Waals surface area contributed by atoms with Crippen molar-refractivity contribution in [1.82, 2.24) is 3.43 Å². The first kappa shape index (κ1) is 19.9. The van der Waals surface area contributed by atoms with Gasteiger partial charge in [0.05, 0.1) is 0 Å². The molecular formula is HB18IN. The molecule has 0 fully saturated rings. The molecule has 0 amide bonds. The van der Waals surface area contributed by atoms with Gasteiger partial charge in [0.1, 0.15) is 8.04 Å². The molecule has 1 nitrogen and oxygen atoms in total. The van der Waals surface area contributed by atoms with Crippen molar-refractivity contribution >= 4 is 151 Å². The van der Waals surface area contributed by atoms with Gasteiger partial charge < -0.3 is 3.43 Å². The fraction of sp³-hybridized carbons (Fsp3) is 0. The molecule has 0 aliphatic rings. The third-order valence-corrected chi connectivity index (χ3v) is 3.99. The maximum atomic E-state index is 7.94. The third-order valence-electron chi connectivity index (χ3n) is 3.35. The molecule has 0 heterocycles. The molecule has 0 aliphatic heterocycles. The number of hydrogen-bond acceptors (Lipinski definition) is 1. The molecule has 0 saturated heterocycles. The predicted molar refractivity (Wildman–Crippen MR) is 121 cm³/mol.